The summed E-state index contributed by atoms with van der Waals surface area (Å²) in [6.45, 7) is 3.51. The third-order valence-corrected chi connectivity index (χ3v) is 4.84. The van der Waals surface area contributed by atoms with Crippen molar-refractivity contribution >= 4 is 34.5 Å². The quantitative estimate of drug-likeness (QED) is 0.489. The van der Waals surface area contributed by atoms with Crippen LogP contribution in [0.2, 0.25) is 0 Å². The summed E-state index contributed by atoms with van der Waals surface area (Å²) in [5, 5.41) is 21.7. The molecule has 6 heteroatoms. The summed E-state index contributed by atoms with van der Waals surface area (Å²) in [7, 11) is 0. The van der Waals surface area contributed by atoms with Gasteiger partial charge in [-0.2, -0.15) is 0 Å². The Labute approximate surface area is 159 Å². The van der Waals surface area contributed by atoms with E-state index >= 15 is 0 Å². The summed E-state index contributed by atoms with van der Waals surface area (Å²) < 4.78 is 0. The molecule has 3 N–H and O–H groups in total. The lowest BCUT2D eigenvalue weighted by molar-refractivity contribution is -0.137. The number of hydrogen-bond acceptors (Lipinski definition) is 4. The molecular weight excluding hydrogens is 340 g/mol. The van der Waals surface area contributed by atoms with Gasteiger partial charge in [0.2, 0.25) is 0 Å². The molecule has 0 saturated carbocycles. The zero-order chi connectivity index (χ0) is 19.2. The Kier molecular flexibility index (Phi) is 6.06. The summed E-state index contributed by atoms with van der Waals surface area (Å²) in [5.74, 6) is -0.365. The number of allylic oxidation sites excluding steroid dienone is 1. The summed E-state index contributed by atoms with van der Waals surface area (Å²) in [5.41, 5.74) is 4.32. The lowest BCUT2D eigenvalue weighted by Gasteiger charge is -2.25. The lowest BCUT2D eigenvalue weighted by Crippen LogP contribution is -2.36. The lowest BCUT2D eigenvalue weighted by atomic mass is 9.98. The number of aromatic nitrogens is 1. The van der Waals surface area contributed by atoms with Gasteiger partial charge in [0.25, 0.3) is 0 Å². The minimum Gasteiger partial charge on any atom is -0.481 e. The van der Waals surface area contributed by atoms with Crippen molar-refractivity contribution in [2.75, 3.05) is 25.0 Å². The van der Waals surface area contributed by atoms with Gasteiger partial charge in [-0.25, -0.2) is 0 Å². The predicted molar refractivity (Wildman–Crippen MR) is 109 cm³/mol. The first kappa shape index (κ1) is 18.9. The van der Waals surface area contributed by atoms with E-state index in [9.17, 15) is 4.79 Å². The van der Waals surface area contributed by atoms with Crippen molar-refractivity contribution in [3.8, 4) is 0 Å². The molecule has 0 unspecified atom stereocenters. The number of carboxylic acids is 1. The highest BCUT2D eigenvalue weighted by Gasteiger charge is 2.16. The van der Waals surface area contributed by atoms with E-state index in [0.29, 0.717) is 31.9 Å². The molecule has 0 fully saturated rings. The van der Waals surface area contributed by atoms with Crippen LogP contribution < -0.4 is 5.32 Å². The Morgan fingerprint density at radius 2 is 2.15 bits per heavy atom. The molecule has 0 spiro atoms. The van der Waals surface area contributed by atoms with Gasteiger partial charge in [-0.15, -0.1) is 0 Å². The number of para-hydroxylation sites is 1. The third kappa shape index (κ3) is 4.45. The second-order valence-electron chi connectivity index (χ2n) is 6.66. The number of benzene rings is 1. The predicted octanol–water partition coefficient (Wildman–Crippen LogP) is 3.77. The van der Waals surface area contributed by atoms with E-state index in [4.69, 9.17) is 15.5 Å². The molecule has 1 heterocycles. The fraction of sp³-hybridized carbons (Fsp3) is 0.381. The molecule has 2 aromatic rings. The second kappa shape index (κ2) is 8.66. The molecular formula is C21H26N4O2. The third-order valence-electron chi connectivity index (χ3n) is 4.84. The summed E-state index contributed by atoms with van der Waals surface area (Å²) >= 11 is 0. The highest BCUT2D eigenvalue weighted by atomic mass is 16.4. The monoisotopic (exact) mass is 366 g/mol. The maximum Gasteiger partial charge on any atom is 0.305 e. The highest BCUT2D eigenvalue weighted by Crippen LogP contribution is 2.32. The van der Waals surface area contributed by atoms with E-state index in [1.807, 2.05) is 30.0 Å². The number of aliphatic carboxylic acids is 1. The first-order valence-electron chi connectivity index (χ1n) is 9.46. The SMILES string of the molecule is CCC(=N)N(CCNc1c2c(nc3ccccc13)CCC=C2)CCC(=O)O. The highest BCUT2D eigenvalue weighted by molar-refractivity contribution is 5.96. The van der Waals surface area contributed by atoms with Gasteiger partial charge in [-0.1, -0.05) is 37.3 Å². The van der Waals surface area contributed by atoms with Crippen LogP contribution in [0.15, 0.2) is 30.3 Å². The van der Waals surface area contributed by atoms with Crippen molar-refractivity contribution in [2.24, 2.45) is 0 Å². The van der Waals surface area contributed by atoms with Crippen molar-refractivity contribution in [1.82, 2.24) is 9.88 Å². The van der Waals surface area contributed by atoms with Gasteiger partial charge in [0.15, 0.2) is 0 Å². The van der Waals surface area contributed by atoms with E-state index in [1.165, 1.54) is 0 Å². The molecule has 142 valence electrons. The van der Waals surface area contributed by atoms with Gasteiger partial charge in [-0.3, -0.25) is 15.2 Å². The standard InChI is InChI=1S/C21H26N4O2/c1-2-19(22)25(13-11-20(26)27)14-12-23-21-15-7-3-5-9-17(15)24-18-10-6-4-8-16(18)21/h3-5,7-9,22H,2,6,10-14H2,1H3,(H,23,24)(H,26,27). The minimum absolute atomic E-state index is 0.0404. The van der Waals surface area contributed by atoms with Crippen LogP contribution in [-0.4, -0.2) is 46.4 Å². The van der Waals surface area contributed by atoms with Gasteiger partial charge in [-0.05, 0) is 18.9 Å². The number of aryl methyl sites for hydroxylation is 1. The van der Waals surface area contributed by atoms with Crippen LogP contribution in [0.1, 0.15) is 37.4 Å². The fourth-order valence-electron chi connectivity index (χ4n) is 3.41. The first-order valence-corrected chi connectivity index (χ1v) is 9.46. The maximum atomic E-state index is 10.9. The zero-order valence-electron chi connectivity index (χ0n) is 15.7. The Bertz CT molecular complexity index is 876. The number of rotatable bonds is 8. The first-order chi connectivity index (χ1) is 13.1. The smallest absolute Gasteiger partial charge is 0.305 e. The Morgan fingerprint density at radius 3 is 2.93 bits per heavy atom. The van der Waals surface area contributed by atoms with Crippen LogP contribution in [0.4, 0.5) is 5.69 Å². The van der Waals surface area contributed by atoms with Crippen molar-refractivity contribution in [2.45, 2.75) is 32.6 Å². The molecule has 0 amide bonds. The molecule has 0 bridgehead atoms. The van der Waals surface area contributed by atoms with Gasteiger partial charge in [0.05, 0.1) is 29.2 Å². The van der Waals surface area contributed by atoms with Crippen molar-refractivity contribution < 1.29 is 9.90 Å². The topological polar surface area (TPSA) is 89.3 Å². The van der Waals surface area contributed by atoms with E-state index in [1.54, 1.807) is 0 Å². The number of pyridine rings is 1. The molecule has 3 rings (SSSR count). The summed E-state index contributed by atoms with van der Waals surface area (Å²) in [4.78, 5) is 17.5. The Balaban J connectivity index is 1.79. The molecule has 1 aliphatic rings. The van der Waals surface area contributed by atoms with Crippen molar-refractivity contribution in [1.29, 1.82) is 5.41 Å². The molecule has 0 radical (unpaired) electrons. The average molecular weight is 366 g/mol. The minimum atomic E-state index is -0.837. The Morgan fingerprint density at radius 1 is 1.33 bits per heavy atom. The number of nitrogens with zero attached hydrogens (tertiary/aromatic N) is 2. The second-order valence-corrected chi connectivity index (χ2v) is 6.66. The van der Waals surface area contributed by atoms with Gasteiger partial charge in [0, 0.05) is 37.0 Å². The average Bonchev–Trinajstić information content (AvgIpc) is 2.69. The largest absolute Gasteiger partial charge is 0.481 e. The van der Waals surface area contributed by atoms with Gasteiger partial charge in [0.1, 0.15) is 0 Å². The maximum absolute atomic E-state index is 10.9. The van der Waals surface area contributed by atoms with Crippen LogP contribution in [0.25, 0.3) is 17.0 Å². The molecule has 0 atom stereocenters. The molecule has 0 aliphatic heterocycles. The number of hydrogen-bond donors (Lipinski definition) is 3. The Hall–Kier alpha value is -2.89. The normalized spacial score (nSPS) is 12.6. The molecule has 1 aliphatic carbocycles. The van der Waals surface area contributed by atoms with E-state index in [2.05, 4.69) is 23.5 Å². The van der Waals surface area contributed by atoms with E-state index < -0.39 is 5.97 Å². The number of anilines is 1. The van der Waals surface area contributed by atoms with Crippen LogP contribution in [0.3, 0.4) is 0 Å². The van der Waals surface area contributed by atoms with Crippen LogP contribution in [0.5, 0.6) is 0 Å². The summed E-state index contributed by atoms with van der Waals surface area (Å²) in [6, 6.07) is 8.12. The fourth-order valence-corrected chi connectivity index (χ4v) is 3.41. The number of carboxylic acid groups (broad SMARTS) is 1. The molecule has 1 aromatic carbocycles. The van der Waals surface area contributed by atoms with Crippen LogP contribution in [-0.2, 0) is 11.2 Å². The van der Waals surface area contributed by atoms with Gasteiger partial charge < -0.3 is 15.3 Å². The summed E-state index contributed by atoms with van der Waals surface area (Å²) in [6.07, 6.45) is 6.90. The zero-order valence-corrected chi connectivity index (χ0v) is 15.7. The van der Waals surface area contributed by atoms with Crippen LogP contribution in [0, 0.1) is 5.41 Å². The van der Waals surface area contributed by atoms with E-state index in [0.717, 1.165) is 40.7 Å². The number of carbonyl (C=O) groups is 1. The molecule has 27 heavy (non-hydrogen) atoms. The number of fused-ring (bicyclic) bond motifs is 2. The number of nitrogens with one attached hydrogen (secondary N) is 2. The number of amidine groups is 1. The van der Waals surface area contributed by atoms with Crippen molar-refractivity contribution in [3.05, 3.63) is 41.6 Å². The van der Waals surface area contributed by atoms with Crippen LogP contribution >= 0.6 is 0 Å². The molecule has 6 nitrogen and oxygen atoms in total. The molecule has 1 aromatic heterocycles. The van der Waals surface area contributed by atoms with Crippen molar-refractivity contribution in [3.63, 3.8) is 0 Å². The van der Waals surface area contributed by atoms with E-state index in [-0.39, 0.29) is 6.42 Å². The van der Waals surface area contributed by atoms with Gasteiger partial charge >= 0.3 is 5.97 Å². The molecule has 0 saturated heterocycles.